The fraction of sp³-hybridized carbons (Fsp3) is 0.179. The standard InChI is InChI=1S/C28H24N2O4/c1-34-28(33)19-14-15-25-24(17-19)20(18-30(25)21-10-3-2-4-11-21)9-7-8-16-29-26(31)22-12-5-6-13-23(22)27(29)32/h2-6,10-15,17-18H,7-9,16H2,1H3. The number of fused-ring (bicyclic) bond motifs is 2. The molecule has 6 heteroatoms. The molecule has 0 fully saturated rings. The number of imide groups is 1. The van der Waals surface area contributed by atoms with Crippen LogP contribution in [0.4, 0.5) is 0 Å². The molecule has 0 N–H and O–H groups in total. The number of aromatic nitrogens is 1. The van der Waals surface area contributed by atoms with Crippen LogP contribution in [0.15, 0.2) is 79.0 Å². The minimum Gasteiger partial charge on any atom is -0.465 e. The molecule has 0 bridgehead atoms. The zero-order valence-electron chi connectivity index (χ0n) is 18.9. The second-order valence-electron chi connectivity index (χ2n) is 8.35. The fourth-order valence-corrected chi connectivity index (χ4v) is 4.57. The Morgan fingerprint density at radius 2 is 1.53 bits per heavy atom. The zero-order chi connectivity index (χ0) is 23.7. The summed E-state index contributed by atoms with van der Waals surface area (Å²) in [4.78, 5) is 38.6. The van der Waals surface area contributed by atoms with Crippen molar-refractivity contribution < 1.29 is 19.1 Å². The molecule has 0 atom stereocenters. The summed E-state index contributed by atoms with van der Waals surface area (Å²) in [6.45, 7) is 0.386. The number of hydrogen-bond donors (Lipinski definition) is 0. The van der Waals surface area contributed by atoms with E-state index in [1.54, 1.807) is 30.3 Å². The van der Waals surface area contributed by atoms with Gasteiger partial charge in [-0.25, -0.2) is 4.79 Å². The predicted molar refractivity (Wildman–Crippen MR) is 129 cm³/mol. The molecule has 3 aromatic carbocycles. The Bertz CT molecular complexity index is 1370. The number of unbranched alkanes of at least 4 members (excludes halogenated alkanes) is 1. The first-order valence-electron chi connectivity index (χ1n) is 11.3. The number of ether oxygens (including phenoxy) is 1. The van der Waals surface area contributed by atoms with Crippen molar-refractivity contribution in [2.75, 3.05) is 13.7 Å². The van der Waals surface area contributed by atoms with E-state index in [9.17, 15) is 14.4 Å². The van der Waals surface area contributed by atoms with Gasteiger partial charge >= 0.3 is 5.97 Å². The monoisotopic (exact) mass is 452 g/mol. The molecule has 0 saturated carbocycles. The summed E-state index contributed by atoms with van der Waals surface area (Å²) in [5.74, 6) is -0.807. The topological polar surface area (TPSA) is 68.6 Å². The summed E-state index contributed by atoms with van der Waals surface area (Å²) in [6, 6.07) is 22.6. The van der Waals surface area contributed by atoms with Gasteiger partial charge in [0.25, 0.3) is 11.8 Å². The number of methoxy groups -OCH3 is 1. The summed E-state index contributed by atoms with van der Waals surface area (Å²) >= 11 is 0. The van der Waals surface area contributed by atoms with E-state index in [4.69, 9.17) is 4.74 Å². The first kappa shape index (κ1) is 21.6. The van der Waals surface area contributed by atoms with Gasteiger partial charge in [0.15, 0.2) is 0 Å². The van der Waals surface area contributed by atoms with E-state index in [1.165, 1.54) is 12.0 Å². The lowest BCUT2D eigenvalue weighted by atomic mass is 10.0. The van der Waals surface area contributed by atoms with E-state index in [1.807, 2.05) is 42.5 Å². The van der Waals surface area contributed by atoms with Crippen molar-refractivity contribution in [2.24, 2.45) is 0 Å². The first-order valence-corrected chi connectivity index (χ1v) is 11.3. The Morgan fingerprint density at radius 3 is 2.21 bits per heavy atom. The summed E-state index contributed by atoms with van der Waals surface area (Å²) in [5.41, 5.74) is 4.62. The summed E-state index contributed by atoms with van der Waals surface area (Å²) < 4.78 is 7.02. The summed E-state index contributed by atoms with van der Waals surface area (Å²) in [6.07, 6.45) is 4.34. The number of rotatable bonds is 7. The van der Waals surface area contributed by atoms with Crippen LogP contribution in [0.2, 0.25) is 0 Å². The Labute approximate surface area is 197 Å². The van der Waals surface area contributed by atoms with Crippen LogP contribution in [-0.2, 0) is 11.2 Å². The van der Waals surface area contributed by atoms with Gasteiger partial charge < -0.3 is 9.30 Å². The van der Waals surface area contributed by atoms with Crippen LogP contribution in [0.3, 0.4) is 0 Å². The molecule has 4 aromatic rings. The lowest BCUT2D eigenvalue weighted by Crippen LogP contribution is -2.30. The highest BCUT2D eigenvalue weighted by Gasteiger charge is 2.34. The molecule has 5 rings (SSSR count). The maximum Gasteiger partial charge on any atom is 0.337 e. The van der Waals surface area contributed by atoms with Gasteiger partial charge in [0.05, 0.1) is 29.3 Å². The first-order chi connectivity index (χ1) is 16.6. The third-order valence-corrected chi connectivity index (χ3v) is 6.30. The van der Waals surface area contributed by atoms with Crippen molar-refractivity contribution in [2.45, 2.75) is 19.3 Å². The molecule has 1 aromatic heterocycles. The average molecular weight is 453 g/mol. The van der Waals surface area contributed by atoms with Crippen molar-refractivity contribution in [3.05, 3.63) is 101 Å². The normalized spacial score (nSPS) is 12.9. The molecule has 34 heavy (non-hydrogen) atoms. The number of aryl methyl sites for hydroxylation is 1. The number of carbonyl (C=O) groups is 3. The molecule has 0 spiro atoms. The number of hydrogen-bond acceptors (Lipinski definition) is 4. The van der Waals surface area contributed by atoms with Crippen LogP contribution in [0.5, 0.6) is 0 Å². The maximum absolute atomic E-state index is 12.6. The molecule has 170 valence electrons. The largest absolute Gasteiger partial charge is 0.465 e. The highest BCUT2D eigenvalue weighted by molar-refractivity contribution is 6.21. The minimum absolute atomic E-state index is 0.219. The number of benzene rings is 3. The van der Waals surface area contributed by atoms with E-state index < -0.39 is 0 Å². The lowest BCUT2D eigenvalue weighted by molar-refractivity contribution is 0.0598. The van der Waals surface area contributed by atoms with E-state index in [2.05, 4.69) is 10.8 Å². The summed E-state index contributed by atoms with van der Waals surface area (Å²) in [5, 5.41) is 0.993. The Kier molecular flexibility index (Phi) is 5.72. The molecule has 0 aliphatic carbocycles. The minimum atomic E-state index is -0.370. The quantitative estimate of drug-likeness (QED) is 0.224. The van der Waals surface area contributed by atoms with E-state index >= 15 is 0 Å². The SMILES string of the molecule is COC(=O)c1ccc2c(c1)c(CCCCN1C(=O)c3ccccc3C1=O)cn2-c1ccccc1. The van der Waals surface area contributed by atoms with Gasteiger partial charge in [0.2, 0.25) is 0 Å². The van der Waals surface area contributed by atoms with Crippen molar-refractivity contribution in [3.63, 3.8) is 0 Å². The number of nitrogens with zero attached hydrogens (tertiary/aromatic N) is 2. The van der Waals surface area contributed by atoms with Crippen molar-refractivity contribution in [3.8, 4) is 5.69 Å². The van der Waals surface area contributed by atoms with Crippen LogP contribution >= 0.6 is 0 Å². The molecular weight excluding hydrogens is 428 g/mol. The molecule has 2 amide bonds. The van der Waals surface area contributed by atoms with E-state index in [0.717, 1.165) is 35.0 Å². The van der Waals surface area contributed by atoms with Crippen molar-refractivity contribution in [1.29, 1.82) is 0 Å². The molecular formula is C28H24N2O4. The Morgan fingerprint density at radius 1 is 0.853 bits per heavy atom. The average Bonchev–Trinajstić information content (AvgIpc) is 3.36. The number of para-hydroxylation sites is 1. The molecule has 0 saturated heterocycles. The van der Waals surface area contributed by atoms with Crippen LogP contribution < -0.4 is 0 Å². The summed E-state index contributed by atoms with van der Waals surface area (Å²) in [7, 11) is 1.38. The van der Waals surface area contributed by atoms with Crippen LogP contribution in [0.1, 0.15) is 49.5 Å². The molecule has 0 unspecified atom stereocenters. The van der Waals surface area contributed by atoms with Gasteiger partial charge in [0.1, 0.15) is 0 Å². The van der Waals surface area contributed by atoms with Gasteiger partial charge in [-0.3, -0.25) is 14.5 Å². The van der Waals surface area contributed by atoms with Crippen LogP contribution in [0, 0.1) is 0 Å². The Hall–Kier alpha value is -4.19. The molecule has 6 nitrogen and oxygen atoms in total. The third-order valence-electron chi connectivity index (χ3n) is 6.30. The van der Waals surface area contributed by atoms with Gasteiger partial charge in [-0.15, -0.1) is 0 Å². The van der Waals surface area contributed by atoms with Crippen molar-refractivity contribution >= 4 is 28.7 Å². The lowest BCUT2D eigenvalue weighted by Gasteiger charge is -2.13. The number of carbonyl (C=O) groups excluding carboxylic acids is 3. The van der Waals surface area contributed by atoms with Gasteiger partial charge in [0, 0.05) is 23.8 Å². The van der Waals surface area contributed by atoms with E-state index in [0.29, 0.717) is 29.7 Å². The van der Waals surface area contributed by atoms with Gasteiger partial charge in [-0.05, 0) is 67.3 Å². The Balaban J connectivity index is 1.35. The van der Waals surface area contributed by atoms with Gasteiger partial charge in [-0.1, -0.05) is 30.3 Å². The van der Waals surface area contributed by atoms with Crippen LogP contribution in [0.25, 0.3) is 16.6 Å². The molecule has 1 aliphatic rings. The second kappa shape index (κ2) is 8.98. The van der Waals surface area contributed by atoms with Crippen LogP contribution in [-0.4, -0.2) is 40.9 Å². The number of esters is 1. The molecule has 1 aliphatic heterocycles. The van der Waals surface area contributed by atoms with Gasteiger partial charge in [-0.2, -0.15) is 0 Å². The molecule has 0 radical (unpaired) electrons. The highest BCUT2D eigenvalue weighted by atomic mass is 16.5. The smallest absolute Gasteiger partial charge is 0.337 e. The highest BCUT2D eigenvalue weighted by Crippen LogP contribution is 2.28. The maximum atomic E-state index is 12.6. The predicted octanol–water partition coefficient (Wildman–Crippen LogP) is 5.04. The van der Waals surface area contributed by atoms with Crippen molar-refractivity contribution in [1.82, 2.24) is 9.47 Å². The second-order valence-corrected chi connectivity index (χ2v) is 8.35. The molecule has 2 heterocycles. The fourth-order valence-electron chi connectivity index (χ4n) is 4.57. The van der Waals surface area contributed by atoms with E-state index in [-0.39, 0.29) is 17.8 Å². The third kappa shape index (κ3) is 3.77. The number of amides is 2. The zero-order valence-corrected chi connectivity index (χ0v) is 18.9.